The van der Waals surface area contributed by atoms with Crippen LogP contribution in [0.4, 0.5) is 0 Å². The molecule has 0 spiro atoms. The standard InChI is InChI=1S/C19H15BrN3/c20-16-7-4-6-15(12-16)13-22-14-23(17-8-2-1-3-9-17)19-18(22)10-5-11-21-19/h1-12,14H,13H2/q+1. The summed E-state index contributed by atoms with van der Waals surface area (Å²) in [7, 11) is 0. The molecule has 0 saturated carbocycles. The molecule has 4 rings (SSSR count). The van der Waals surface area contributed by atoms with Crippen LogP contribution in [0.25, 0.3) is 16.9 Å². The molecule has 0 unspecified atom stereocenters. The Morgan fingerprint density at radius 3 is 2.65 bits per heavy atom. The fourth-order valence-electron chi connectivity index (χ4n) is 2.79. The SMILES string of the molecule is Brc1cccc(C[n+]2cn(-c3ccccc3)c3ncccc32)c1. The van der Waals surface area contributed by atoms with E-state index in [0.29, 0.717) is 0 Å². The first kappa shape index (κ1) is 14.2. The highest BCUT2D eigenvalue weighted by atomic mass is 79.9. The highest BCUT2D eigenvalue weighted by molar-refractivity contribution is 9.10. The molecule has 0 aliphatic heterocycles. The molecule has 0 aliphatic rings. The molecule has 0 saturated heterocycles. The predicted molar refractivity (Wildman–Crippen MR) is 94.5 cm³/mol. The van der Waals surface area contributed by atoms with E-state index in [-0.39, 0.29) is 0 Å². The summed E-state index contributed by atoms with van der Waals surface area (Å²) in [5, 5.41) is 0. The Labute approximate surface area is 143 Å². The van der Waals surface area contributed by atoms with E-state index >= 15 is 0 Å². The number of halogens is 1. The summed E-state index contributed by atoms with van der Waals surface area (Å²) in [6.45, 7) is 0.807. The van der Waals surface area contributed by atoms with E-state index in [1.54, 1.807) is 0 Å². The van der Waals surface area contributed by atoms with Crippen molar-refractivity contribution in [1.82, 2.24) is 9.55 Å². The molecule has 0 fully saturated rings. The van der Waals surface area contributed by atoms with Gasteiger partial charge in [0.2, 0.25) is 0 Å². The molecular weight excluding hydrogens is 350 g/mol. The van der Waals surface area contributed by atoms with Crippen LogP contribution in [-0.2, 0) is 6.54 Å². The molecule has 0 aliphatic carbocycles. The van der Waals surface area contributed by atoms with Gasteiger partial charge in [-0.2, -0.15) is 4.57 Å². The van der Waals surface area contributed by atoms with Crippen LogP contribution in [0.1, 0.15) is 5.56 Å². The van der Waals surface area contributed by atoms with Crippen LogP contribution in [0.15, 0.2) is 83.7 Å². The summed E-state index contributed by atoms with van der Waals surface area (Å²) in [6, 6.07) is 22.8. The van der Waals surface area contributed by atoms with Crippen molar-refractivity contribution in [2.75, 3.05) is 0 Å². The van der Waals surface area contributed by atoms with Gasteiger partial charge < -0.3 is 0 Å². The number of para-hydroxylation sites is 1. The maximum atomic E-state index is 4.57. The van der Waals surface area contributed by atoms with Gasteiger partial charge in [-0.15, -0.1) is 0 Å². The normalized spacial score (nSPS) is 11.0. The maximum absolute atomic E-state index is 4.57. The van der Waals surface area contributed by atoms with Crippen molar-refractivity contribution in [3.63, 3.8) is 0 Å². The lowest BCUT2D eigenvalue weighted by molar-refractivity contribution is -0.662. The van der Waals surface area contributed by atoms with E-state index in [0.717, 1.165) is 27.9 Å². The fraction of sp³-hybridized carbons (Fsp3) is 0.0526. The molecule has 0 radical (unpaired) electrons. The number of pyridine rings is 1. The van der Waals surface area contributed by atoms with E-state index < -0.39 is 0 Å². The topological polar surface area (TPSA) is 21.7 Å². The molecule has 0 N–H and O–H groups in total. The molecule has 4 heteroatoms. The van der Waals surface area contributed by atoms with Crippen molar-refractivity contribution in [2.45, 2.75) is 6.54 Å². The highest BCUT2D eigenvalue weighted by Gasteiger charge is 2.18. The Hall–Kier alpha value is -2.46. The number of fused-ring (bicyclic) bond motifs is 1. The van der Waals surface area contributed by atoms with E-state index in [4.69, 9.17) is 0 Å². The van der Waals surface area contributed by atoms with Gasteiger partial charge in [-0.3, -0.25) is 0 Å². The number of benzene rings is 2. The van der Waals surface area contributed by atoms with Gasteiger partial charge in [-0.25, -0.2) is 9.55 Å². The van der Waals surface area contributed by atoms with Gasteiger partial charge in [0.05, 0.1) is 0 Å². The minimum Gasteiger partial charge on any atom is -0.224 e. The molecule has 0 bridgehead atoms. The van der Waals surface area contributed by atoms with E-state index in [9.17, 15) is 0 Å². The van der Waals surface area contributed by atoms with Crippen molar-refractivity contribution >= 4 is 27.1 Å². The van der Waals surface area contributed by atoms with Crippen molar-refractivity contribution in [2.24, 2.45) is 0 Å². The smallest absolute Gasteiger partial charge is 0.224 e. The van der Waals surface area contributed by atoms with Gasteiger partial charge >= 0.3 is 0 Å². The minimum absolute atomic E-state index is 0.807. The lowest BCUT2D eigenvalue weighted by Crippen LogP contribution is -2.32. The summed E-state index contributed by atoms with van der Waals surface area (Å²) in [4.78, 5) is 4.57. The Balaban J connectivity index is 1.85. The Bertz CT molecular complexity index is 961. The predicted octanol–water partition coefficient (Wildman–Crippen LogP) is 4.12. The first-order chi connectivity index (χ1) is 11.3. The van der Waals surface area contributed by atoms with Crippen LogP contribution in [0, 0.1) is 0 Å². The number of rotatable bonds is 3. The second-order valence-electron chi connectivity index (χ2n) is 5.42. The van der Waals surface area contributed by atoms with Gasteiger partial charge in [-0.1, -0.05) is 46.3 Å². The second kappa shape index (κ2) is 5.97. The van der Waals surface area contributed by atoms with Gasteiger partial charge in [0.1, 0.15) is 12.2 Å². The van der Waals surface area contributed by atoms with Crippen LogP contribution >= 0.6 is 15.9 Å². The Morgan fingerprint density at radius 2 is 1.83 bits per heavy atom. The van der Waals surface area contributed by atoms with E-state index in [2.05, 4.69) is 72.8 Å². The third kappa shape index (κ3) is 2.78. The van der Waals surface area contributed by atoms with Crippen LogP contribution in [0.2, 0.25) is 0 Å². The molecule has 2 aromatic heterocycles. The highest BCUT2D eigenvalue weighted by Crippen LogP contribution is 2.16. The average molecular weight is 365 g/mol. The number of aromatic nitrogens is 3. The van der Waals surface area contributed by atoms with Crippen molar-refractivity contribution < 1.29 is 4.57 Å². The summed E-state index contributed by atoms with van der Waals surface area (Å²) in [6.07, 6.45) is 3.96. The zero-order valence-corrected chi connectivity index (χ0v) is 14.0. The summed E-state index contributed by atoms with van der Waals surface area (Å²) < 4.78 is 5.46. The first-order valence-corrected chi connectivity index (χ1v) is 8.26. The quantitative estimate of drug-likeness (QED) is 0.501. The summed E-state index contributed by atoms with van der Waals surface area (Å²) >= 11 is 3.54. The average Bonchev–Trinajstić information content (AvgIpc) is 2.95. The molecule has 0 amide bonds. The largest absolute Gasteiger partial charge is 0.273 e. The van der Waals surface area contributed by atoms with Crippen molar-refractivity contribution in [3.05, 3.63) is 89.3 Å². The van der Waals surface area contributed by atoms with E-state index in [1.807, 2.05) is 36.5 Å². The zero-order chi connectivity index (χ0) is 15.6. The number of hydrogen-bond acceptors (Lipinski definition) is 1. The van der Waals surface area contributed by atoms with E-state index in [1.165, 1.54) is 5.56 Å². The molecule has 2 aromatic carbocycles. The lowest BCUT2D eigenvalue weighted by Gasteiger charge is -1.99. The lowest BCUT2D eigenvalue weighted by atomic mass is 10.2. The molecule has 3 nitrogen and oxygen atoms in total. The molecule has 2 heterocycles. The summed E-state index contributed by atoms with van der Waals surface area (Å²) in [5.74, 6) is 0. The third-order valence-corrected chi connectivity index (χ3v) is 4.33. The maximum Gasteiger partial charge on any atom is 0.273 e. The molecule has 0 atom stereocenters. The number of hydrogen-bond donors (Lipinski definition) is 0. The zero-order valence-electron chi connectivity index (χ0n) is 12.4. The third-order valence-electron chi connectivity index (χ3n) is 3.83. The number of imidazole rings is 1. The Kier molecular flexibility index (Phi) is 3.67. The van der Waals surface area contributed by atoms with Gasteiger partial charge in [-0.05, 0) is 42.0 Å². The molecule has 23 heavy (non-hydrogen) atoms. The van der Waals surface area contributed by atoms with Crippen LogP contribution in [-0.4, -0.2) is 9.55 Å². The molecule has 112 valence electrons. The fourth-order valence-corrected chi connectivity index (χ4v) is 3.24. The van der Waals surface area contributed by atoms with Crippen LogP contribution in [0.5, 0.6) is 0 Å². The number of nitrogens with zero attached hydrogens (tertiary/aromatic N) is 3. The molecule has 4 aromatic rings. The molecular formula is C19H15BrN3+. The first-order valence-electron chi connectivity index (χ1n) is 7.47. The monoisotopic (exact) mass is 364 g/mol. The van der Waals surface area contributed by atoms with Gasteiger partial charge in [0, 0.05) is 10.7 Å². The van der Waals surface area contributed by atoms with Gasteiger partial charge in [0.25, 0.3) is 12.0 Å². The second-order valence-corrected chi connectivity index (χ2v) is 6.34. The van der Waals surface area contributed by atoms with Crippen LogP contribution < -0.4 is 4.57 Å². The summed E-state index contributed by atoms with van der Waals surface area (Å²) in [5.41, 5.74) is 4.45. The van der Waals surface area contributed by atoms with Crippen molar-refractivity contribution in [3.8, 4) is 5.69 Å². The van der Waals surface area contributed by atoms with Crippen LogP contribution in [0.3, 0.4) is 0 Å². The Morgan fingerprint density at radius 1 is 0.957 bits per heavy atom. The minimum atomic E-state index is 0.807. The van der Waals surface area contributed by atoms with Crippen molar-refractivity contribution in [1.29, 1.82) is 0 Å². The van der Waals surface area contributed by atoms with Gasteiger partial charge in [0.15, 0.2) is 5.52 Å².